The molecule has 0 bridgehead atoms. The van der Waals surface area contributed by atoms with Crippen LogP contribution in [0.4, 0.5) is 4.39 Å². The van der Waals surface area contributed by atoms with Gasteiger partial charge in [-0.25, -0.2) is 4.39 Å². The molecule has 1 atom stereocenters. The van der Waals surface area contributed by atoms with Crippen LogP contribution in [0, 0.1) is 5.82 Å². The summed E-state index contributed by atoms with van der Waals surface area (Å²) < 4.78 is 31.1. The molecular formula is C26H20FNO5. The van der Waals surface area contributed by atoms with Gasteiger partial charge in [0.1, 0.15) is 18.0 Å². The SMILES string of the molecule is CCOc1cc(C2NC(=O)c3oc4ccc(F)cc4c(=O)c32)ccc1OCc1ccccc1. The summed E-state index contributed by atoms with van der Waals surface area (Å²) in [4.78, 5) is 25.7. The van der Waals surface area contributed by atoms with Crippen molar-refractivity contribution in [1.82, 2.24) is 5.32 Å². The van der Waals surface area contributed by atoms with Crippen molar-refractivity contribution in [3.8, 4) is 11.5 Å². The van der Waals surface area contributed by atoms with Crippen molar-refractivity contribution >= 4 is 16.9 Å². The number of hydrogen-bond acceptors (Lipinski definition) is 5. The highest BCUT2D eigenvalue weighted by molar-refractivity contribution is 5.99. The molecule has 1 aromatic heterocycles. The van der Waals surface area contributed by atoms with Gasteiger partial charge in [-0.05, 0) is 48.4 Å². The van der Waals surface area contributed by atoms with Crippen molar-refractivity contribution in [2.45, 2.75) is 19.6 Å². The fraction of sp³-hybridized carbons (Fsp3) is 0.154. The Morgan fingerprint density at radius 3 is 2.58 bits per heavy atom. The zero-order chi connectivity index (χ0) is 22.9. The third kappa shape index (κ3) is 3.82. The molecule has 7 heteroatoms. The van der Waals surface area contributed by atoms with Crippen LogP contribution in [0.3, 0.4) is 0 Å². The van der Waals surface area contributed by atoms with Crippen molar-refractivity contribution < 1.29 is 23.1 Å². The van der Waals surface area contributed by atoms with Gasteiger partial charge in [0.2, 0.25) is 5.76 Å². The van der Waals surface area contributed by atoms with E-state index in [2.05, 4.69) is 5.32 Å². The lowest BCUT2D eigenvalue weighted by Crippen LogP contribution is -2.22. The minimum absolute atomic E-state index is 0.0635. The first-order valence-corrected chi connectivity index (χ1v) is 10.6. The van der Waals surface area contributed by atoms with Crippen molar-refractivity contribution in [1.29, 1.82) is 0 Å². The van der Waals surface area contributed by atoms with Crippen LogP contribution < -0.4 is 20.2 Å². The maximum atomic E-state index is 13.7. The zero-order valence-corrected chi connectivity index (χ0v) is 17.8. The molecule has 0 spiro atoms. The van der Waals surface area contributed by atoms with Crippen LogP contribution in [0.15, 0.2) is 75.9 Å². The van der Waals surface area contributed by atoms with E-state index in [1.54, 1.807) is 18.2 Å². The third-order valence-electron chi connectivity index (χ3n) is 5.50. The molecule has 33 heavy (non-hydrogen) atoms. The van der Waals surface area contributed by atoms with Crippen LogP contribution in [0.5, 0.6) is 11.5 Å². The summed E-state index contributed by atoms with van der Waals surface area (Å²) in [6.45, 7) is 2.63. The van der Waals surface area contributed by atoms with Gasteiger partial charge in [0.25, 0.3) is 5.91 Å². The molecule has 166 valence electrons. The second-order valence-corrected chi connectivity index (χ2v) is 7.63. The second-order valence-electron chi connectivity index (χ2n) is 7.63. The Morgan fingerprint density at radius 2 is 1.79 bits per heavy atom. The molecule has 4 aromatic rings. The highest BCUT2D eigenvalue weighted by atomic mass is 19.1. The van der Waals surface area contributed by atoms with E-state index in [4.69, 9.17) is 13.9 Å². The summed E-state index contributed by atoms with van der Waals surface area (Å²) in [7, 11) is 0. The predicted molar refractivity (Wildman–Crippen MR) is 120 cm³/mol. The number of amides is 1. The molecule has 0 saturated carbocycles. The standard InChI is InChI=1S/C26H20FNO5/c1-2-31-21-12-16(8-10-20(21)32-14-15-6-4-3-5-7-15)23-22-24(29)18-13-17(27)9-11-19(18)33-25(22)26(30)28-23/h3-13,23H,2,14H2,1H3,(H,28,30). The molecule has 0 aliphatic carbocycles. The fourth-order valence-electron chi connectivity index (χ4n) is 3.96. The molecule has 6 nitrogen and oxygen atoms in total. The van der Waals surface area contributed by atoms with E-state index >= 15 is 0 Å². The Bertz CT molecular complexity index is 1410. The molecule has 1 aliphatic heterocycles. The van der Waals surface area contributed by atoms with Gasteiger partial charge in [0, 0.05) is 0 Å². The minimum atomic E-state index is -0.751. The first kappa shape index (κ1) is 20.8. The van der Waals surface area contributed by atoms with E-state index in [1.165, 1.54) is 12.1 Å². The van der Waals surface area contributed by atoms with Gasteiger partial charge < -0.3 is 19.2 Å². The van der Waals surface area contributed by atoms with Crippen molar-refractivity contribution in [3.05, 3.63) is 105 Å². The number of carbonyl (C=O) groups is 1. The number of fused-ring (bicyclic) bond motifs is 2. The predicted octanol–water partition coefficient (Wildman–Crippen LogP) is 4.74. The Kier molecular flexibility index (Phi) is 5.30. The monoisotopic (exact) mass is 445 g/mol. The topological polar surface area (TPSA) is 77.8 Å². The Hall–Kier alpha value is -4.13. The molecule has 1 amide bonds. The van der Waals surface area contributed by atoms with Gasteiger partial charge in [0.15, 0.2) is 16.9 Å². The van der Waals surface area contributed by atoms with Crippen molar-refractivity contribution in [3.63, 3.8) is 0 Å². The average Bonchev–Trinajstić information content (AvgIpc) is 3.16. The van der Waals surface area contributed by atoms with Crippen LogP contribution in [0.2, 0.25) is 0 Å². The molecule has 1 N–H and O–H groups in total. The lowest BCUT2D eigenvalue weighted by Gasteiger charge is -2.17. The number of nitrogens with one attached hydrogen (secondary N) is 1. The highest BCUT2D eigenvalue weighted by Crippen LogP contribution is 2.36. The first-order chi connectivity index (χ1) is 16.0. The van der Waals surface area contributed by atoms with E-state index in [-0.39, 0.29) is 22.3 Å². The van der Waals surface area contributed by atoms with Crippen LogP contribution in [0.25, 0.3) is 11.0 Å². The van der Waals surface area contributed by atoms with Crippen LogP contribution >= 0.6 is 0 Å². The number of halogens is 1. The largest absolute Gasteiger partial charge is 0.490 e. The van der Waals surface area contributed by atoms with Crippen LogP contribution in [-0.4, -0.2) is 12.5 Å². The number of benzene rings is 3. The Morgan fingerprint density at radius 1 is 0.970 bits per heavy atom. The average molecular weight is 445 g/mol. The minimum Gasteiger partial charge on any atom is -0.490 e. The highest BCUT2D eigenvalue weighted by Gasteiger charge is 2.36. The van der Waals surface area contributed by atoms with Gasteiger partial charge in [-0.2, -0.15) is 0 Å². The number of ether oxygens (including phenoxy) is 2. The Balaban J connectivity index is 1.53. The van der Waals surface area contributed by atoms with Gasteiger partial charge in [-0.3, -0.25) is 9.59 Å². The maximum absolute atomic E-state index is 13.7. The quantitative estimate of drug-likeness (QED) is 0.464. The van der Waals surface area contributed by atoms with Crippen molar-refractivity contribution in [2.24, 2.45) is 0 Å². The molecule has 2 heterocycles. The fourth-order valence-corrected chi connectivity index (χ4v) is 3.96. The van der Waals surface area contributed by atoms with Gasteiger partial charge >= 0.3 is 0 Å². The summed E-state index contributed by atoms with van der Waals surface area (Å²) in [5.41, 5.74) is 1.50. The normalized spacial score (nSPS) is 14.7. The molecule has 0 saturated heterocycles. The second kappa shape index (κ2) is 8.43. The molecule has 1 aliphatic rings. The van der Waals surface area contributed by atoms with Crippen LogP contribution in [0.1, 0.15) is 40.2 Å². The summed E-state index contributed by atoms with van der Waals surface area (Å²) in [5.74, 6) is -0.0826. The molecule has 5 rings (SSSR count). The van der Waals surface area contributed by atoms with Gasteiger partial charge in [-0.15, -0.1) is 0 Å². The van der Waals surface area contributed by atoms with Crippen LogP contribution in [-0.2, 0) is 6.61 Å². The molecule has 1 unspecified atom stereocenters. The zero-order valence-electron chi connectivity index (χ0n) is 17.8. The molecule has 0 fully saturated rings. The van der Waals surface area contributed by atoms with Gasteiger partial charge in [0.05, 0.1) is 23.6 Å². The summed E-state index contributed by atoms with van der Waals surface area (Å²) in [6.07, 6.45) is 0. The number of rotatable bonds is 6. The first-order valence-electron chi connectivity index (χ1n) is 10.6. The molecular weight excluding hydrogens is 425 g/mol. The number of carbonyl (C=O) groups excluding carboxylic acids is 1. The van der Waals surface area contributed by atoms with E-state index in [1.807, 2.05) is 37.3 Å². The third-order valence-corrected chi connectivity index (χ3v) is 5.50. The maximum Gasteiger partial charge on any atom is 0.288 e. The van der Waals surface area contributed by atoms with Crippen molar-refractivity contribution in [2.75, 3.05) is 6.61 Å². The van der Waals surface area contributed by atoms with Gasteiger partial charge in [-0.1, -0.05) is 36.4 Å². The van der Waals surface area contributed by atoms with E-state index in [0.717, 1.165) is 11.6 Å². The smallest absolute Gasteiger partial charge is 0.288 e. The van der Waals surface area contributed by atoms with E-state index in [0.29, 0.717) is 30.3 Å². The lowest BCUT2D eigenvalue weighted by molar-refractivity contribution is 0.0938. The van der Waals surface area contributed by atoms with E-state index in [9.17, 15) is 14.0 Å². The molecule has 0 radical (unpaired) electrons. The van der Waals surface area contributed by atoms with E-state index < -0.39 is 23.2 Å². The summed E-state index contributed by atoms with van der Waals surface area (Å²) in [5, 5.41) is 2.88. The lowest BCUT2D eigenvalue weighted by atomic mass is 9.99. The summed E-state index contributed by atoms with van der Waals surface area (Å²) in [6, 6.07) is 17.9. The molecule has 3 aromatic carbocycles. The summed E-state index contributed by atoms with van der Waals surface area (Å²) >= 11 is 0. The Labute approximate surface area is 188 Å². The number of hydrogen-bond donors (Lipinski definition) is 1.